The lowest BCUT2D eigenvalue weighted by atomic mass is 10.1. The van der Waals surface area contributed by atoms with Crippen LogP contribution in [0.1, 0.15) is 11.6 Å². The third kappa shape index (κ3) is 3.43. The van der Waals surface area contributed by atoms with Crippen molar-refractivity contribution in [3.05, 3.63) is 59.1 Å². The van der Waals surface area contributed by atoms with Gasteiger partial charge in [0.05, 0.1) is 6.07 Å². The van der Waals surface area contributed by atoms with E-state index < -0.39 is 0 Å². The summed E-state index contributed by atoms with van der Waals surface area (Å²) in [6.45, 7) is 0. The molecular formula is C16H16ClN3. The largest absolute Gasteiger partial charge is 0.378 e. The first-order chi connectivity index (χ1) is 9.60. The first kappa shape index (κ1) is 14.2. The van der Waals surface area contributed by atoms with E-state index in [2.05, 4.69) is 11.4 Å². The van der Waals surface area contributed by atoms with Crippen molar-refractivity contribution in [3.8, 4) is 6.07 Å². The SMILES string of the molecule is CN(C)c1ccc(C(C#N)Nc2ccc(Cl)cc2)cc1. The molecule has 2 aromatic carbocycles. The van der Waals surface area contributed by atoms with E-state index in [0.29, 0.717) is 5.02 Å². The van der Waals surface area contributed by atoms with Crippen LogP contribution in [0.4, 0.5) is 11.4 Å². The Bertz CT molecular complexity index is 597. The molecule has 1 N–H and O–H groups in total. The van der Waals surface area contributed by atoms with Crippen LogP contribution < -0.4 is 10.2 Å². The summed E-state index contributed by atoms with van der Waals surface area (Å²) in [7, 11) is 3.98. The van der Waals surface area contributed by atoms with Crippen molar-refractivity contribution in [1.82, 2.24) is 0 Å². The van der Waals surface area contributed by atoms with Gasteiger partial charge in [0, 0.05) is 30.5 Å². The molecule has 102 valence electrons. The molecule has 0 saturated carbocycles. The molecular weight excluding hydrogens is 270 g/mol. The monoisotopic (exact) mass is 285 g/mol. The van der Waals surface area contributed by atoms with Crippen LogP contribution in [0.15, 0.2) is 48.5 Å². The Balaban J connectivity index is 2.16. The first-order valence-electron chi connectivity index (χ1n) is 6.29. The Labute approximate surface area is 124 Å². The number of halogens is 1. The topological polar surface area (TPSA) is 39.1 Å². The van der Waals surface area contributed by atoms with E-state index >= 15 is 0 Å². The number of hydrogen-bond acceptors (Lipinski definition) is 3. The molecule has 1 atom stereocenters. The quantitative estimate of drug-likeness (QED) is 0.920. The zero-order valence-electron chi connectivity index (χ0n) is 11.5. The standard InChI is InChI=1S/C16H16ClN3/c1-20(2)15-9-3-12(4-10-15)16(11-18)19-14-7-5-13(17)6-8-14/h3-10,16,19H,1-2H3. The number of nitrogens with zero attached hydrogens (tertiary/aromatic N) is 2. The summed E-state index contributed by atoms with van der Waals surface area (Å²) >= 11 is 5.85. The third-order valence-corrected chi connectivity index (χ3v) is 3.28. The van der Waals surface area contributed by atoms with Gasteiger partial charge in [0.25, 0.3) is 0 Å². The minimum absolute atomic E-state index is 0.382. The van der Waals surface area contributed by atoms with Gasteiger partial charge in [-0.05, 0) is 42.0 Å². The zero-order chi connectivity index (χ0) is 14.5. The summed E-state index contributed by atoms with van der Waals surface area (Å²) in [5.41, 5.74) is 2.92. The second-order valence-corrected chi connectivity index (χ2v) is 5.14. The summed E-state index contributed by atoms with van der Waals surface area (Å²) < 4.78 is 0. The van der Waals surface area contributed by atoms with Crippen LogP contribution in [0, 0.1) is 11.3 Å². The molecule has 0 amide bonds. The minimum Gasteiger partial charge on any atom is -0.378 e. The van der Waals surface area contributed by atoms with Crippen molar-refractivity contribution >= 4 is 23.0 Å². The fraction of sp³-hybridized carbons (Fsp3) is 0.188. The molecule has 0 spiro atoms. The van der Waals surface area contributed by atoms with Gasteiger partial charge in [0.15, 0.2) is 0 Å². The van der Waals surface area contributed by atoms with Gasteiger partial charge >= 0.3 is 0 Å². The average Bonchev–Trinajstić information content (AvgIpc) is 2.47. The van der Waals surface area contributed by atoms with E-state index in [1.54, 1.807) is 12.1 Å². The molecule has 0 aliphatic carbocycles. The molecule has 1 unspecified atom stereocenters. The Morgan fingerprint density at radius 2 is 1.65 bits per heavy atom. The Hall–Kier alpha value is -2.18. The Morgan fingerprint density at radius 3 is 2.15 bits per heavy atom. The van der Waals surface area contributed by atoms with Crippen molar-refractivity contribution in [2.75, 3.05) is 24.3 Å². The summed E-state index contributed by atoms with van der Waals surface area (Å²) in [6, 6.07) is 17.1. The maximum absolute atomic E-state index is 9.32. The van der Waals surface area contributed by atoms with E-state index in [1.807, 2.05) is 55.4 Å². The molecule has 0 aromatic heterocycles. The second-order valence-electron chi connectivity index (χ2n) is 4.70. The van der Waals surface area contributed by atoms with Gasteiger partial charge in [0.2, 0.25) is 0 Å². The first-order valence-corrected chi connectivity index (χ1v) is 6.67. The maximum atomic E-state index is 9.32. The Kier molecular flexibility index (Phi) is 4.49. The van der Waals surface area contributed by atoms with E-state index in [1.165, 1.54) is 0 Å². The number of nitrogens with one attached hydrogen (secondary N) is 1. The molecule has 0 fully saturated rings. The molecule has 0 heterocycles. The van der Waals surface area contributed by atoms with Crippen molar-refractivity contribution in [2.24, 2.45) is 0 Å². The predicted molar refractivity (Wildman–Crippen MR) is 84.2 cm³/mol. The van der Waals surface area contributed by atoms with Crippen molar-refractivity contribution in [2.45, 2.75) is 6.04 Å². The summed E-state index contributed by atoms with van der Waals surface area (Å²) in [4.78, 5) is 2.03. The molecule has 20 heavy (non-hydrogen) atoms. The molecule has 0 saturated heterocycles. The highest BCUT2D eigenvalue weighted by molar-refractivity contribution is 6.30. The highest BCUT2D eigenvalue weighted by atomic mass is 35.5. The number of hydrogen-bond donors (Lipinski definition) is 1. The van der Waals surface area contributed by atoms with E-state index in [-0.39, 0.29) is 6.04 Å². The lowest BCUT2D eigenvalue weighted by Gasteiger charge is -2.16. The van der Waals surface area contributed by atoms with E-state index in [9.17, 15) is 5.26 Å². The molecule has 0 bridgehead atoms. The van der Waals surface area contributed by atoms with Crippen molar-refractivity contribution in [3.63, 3.8) is 0 Å². The van der Waals surface area contributed by atoms with Crippen LogP contribution in [-0.2, 0) is 0 Å². The fourth-order valence-corrected chi connectivity index (χ4v) is 1.99. The molecule has 4 heteroatoms. The molecule has 2 rings (SSSR count). The average molecular weight is 286 g/mol. The molecule has 0 aliphatic heterocycles. The lowest BCUT2D eigenvalue weighted by Crippen LogP contribution is -2.10. The molecule has 2 aromatic rings. The number of anilines is 2. The highest BCUT2D eigenvalue weighted by Crippen LogP contribution is 2.22. The van der Waals surface area contributed by atoms with Crippen molar-refractivity contribution < 1.29 is 0 Å². The maximum Gasteiger partial charge on any atom is 0.140 e. The van der Waals surface area contributed by atoms with Crippen LogP contribution in [0.3, 0.4) is 0 Å². The van der Waals surface area contributed by atoms with Gasteiger partial charge in [-0.3, -0.25) is 0 Å². The normalized spacial score (nSPS) is 11.5. The predicted octanol–water partition coefficient (Wildman–Crippen LogP) is 4.08. The summed E-state index contributed by atoms with van der Waals surface area (Å²) in [6.07, 6.45) is 0. The third-order valence-electron chi connectivity index (χ3n) is 3.03. The van der Waals surface area contributed by atoms with Crippen LogP contribution in [0.5, 0.6) is 0 Å². The minimum atomic E-state index is -0.382. The van der Waals surface area contributed by atoms with Crippen LogP contribution >= 0.6 is 11.6 Å². The molecule has 0 aliphatic rings. The zero-order valence-corrected chi connectivity index (χ0v) is 12.2. The van der Waals surface area contributed by atoms with Gasteiger partial charge in [0.1, 0.15) is 6.04 Å². The number of rotatable bonds is 4. The second kappa shape index (κ2) is 6.31. The van der Waals surface area contributed by atoms with E-state index in [0.717, 1.165) is 16.9 Å². The van der Waals surface area contributed by atoms with E-state index in [4.69, 9.17) is 11.6 Å². The van der Waals surface area contributed by atoms with Gasteiger partial charge in [-0.15, -0.1) is 0 Å². The van der Waals surface area contributed by atoms with Crippen LogP contribution in [0.25, 0.3) is 0 Å². The molecule has 3 nitrogen and oxygen atoms in total. The van der Waals surface area contributed by atoms with Crippen LogP contribution in [-0.4, -0.2) is 14.1 Å². The van der Waals surface area contributed by atoms with Crippen molar-refractivity contribution in [1.29, 1.82) is 5.26 Å². The van der Waals surface area contributed by atoms with Gasteiger partial charge in [-0.25, -0.2) is 0 Å². The molecule has 0 radical (unpaired) electrons. The van der Waals surface area contributed by atoms with Gasteiger partial charge in [-0.2, -0.15) is 5.26 Å². The number of benzene rings is 2. The Morgan fingerprint density at radius 1 is 1.05 bits per heavy atom. The lowest BCUT2D eigenvalue weighted by molar-refractivity contribution is 0.995. The summed E-state index contributed by atoms with van der Waals surface area (Å²) in [5.74, 6) is 0. The van der Waals surface area contributed by atoms with Gasteiger partial charge in [-0.1, -0.05) is 23.7 Å². The van der Waals surface area contributed by atoms with Gasteiger partial charge < -0.3 is 10.2 Å². The highest BCUT2D eigenvalue weighted by Gasteiger charge is 2.10. The fourth-order valence-electron chi connectivity index (χ4n) is 1.87. The number of nitriles is 1. The summed E-state index contributed by atoms with van der Waals surface area (Å²) in [5, 5.41) is 13.2. The smallest absolute Gasteiger partial charge is 0.140 e. The van der Waals surface area contributed by atoms with Crippen LogP contribution in [0.2, 0.25) is 5.02 Å².